The van der Waals surface area contributed by atoms with E-state index >= 15 is 0 Å². The highest BCUT2D eigenvalue weighted by Crippen LogP contribution is 2.44. The summed E-state index contributed by atoms with van der Waals surface area (Å²) in [6.45, 7) is 3.28. The zero-order valence-corrected chi connectivity index (χ0v) is 39.5. The van der Waals surface area contributed by atoms with Crippen LogP contribution in [0.3, 0.4) is 0 Å². The number of methoxy groups -OCH3 is 1. The lowest BCUT2D eigenvalue weighted by Crippen LogP contribution is -2.55. The number of esters is 1. The van der Waals surface area contributed by atoms with E-state index in [1.54, 1.807) is 39.2 Å². The molecule has 5 aromatic carbocycles. The number of amides is 4. The Morgan fingerprint density at radius 1 is 0.682 bits per heavy atom. The quantitative estimate of drug-likeness (QED) is 0.0496. The molecule has 5 rings (SSSR count). The molecule has 12 nitrogen and oxygen atoms in total. The molecule has 0 aliphatic carbocycles. The minimum atomic E-state index is -1.45. The van der Waals surface area contributed by atoms with Gasteiger partial charge in [0, 0.05) is 73.0 Å². The summed E-state index contributed by atoms with van der Waals surface area (Å²) < 4.78 is 11.9. The van der Waals surface area contributed by atoms with Gasteiger partial charge in [0.15, 0.2) is 5.60 Å². The molecule has 0 heterocycles. The third-order valence-electron chi connectivity index (χ3n) is 11.6. The Bertz CT molecular complexity index is 2330. The van der Waals surface area contributed by atoms with Gasteiger partial charge in [-0.15, -0.1) is 0 Å². The van der Waals surface area contributed by atoms with Crippen molar-refractivity contribution in [2.24, 2.45) is 11.7 Å². The second kappa shape index (κ2) is 24.5. The number of nitrogens with two attached hydrogens (primary N) is 1. The van der Waals surface area contributed by atoms with Crippen molar-refractivity contribution in [2.45, 2.75) is 69.3 Å². The van der Waals surface area contributed by atoms with Crippen LogP contribution in [0.2, 0.25) is 10.0 Å². The van der Waals surface area contributed by atoms with Crippen LogP contribution in [0, 0.1) is 5.92 Å². The number of carbonyl (C=O) groups excluding carboxylic acids is 5. The van der Waals surface area contributed by atoms with Crippen LogP contribution in [0.15, 0.2) is 140 Å². The fourth-order valence-electron chi connectivity index (χ4n) is 7.80. The summed E-state index contributed by atoms with van der Waals surface area (Å²) in [6.07, 6.45) is 0.180. The number of benzene rings is 5. The second-order valence-corrected chi connectivity index (χ2v) is 17.3. The summed E-state index contributed by atoms with van der Waals surface area (Å²) >= 11 is 13.1. The van der Waals surface area contributed by atoms with Crippen molar-refractivity contribution >= 4 is 52.8 Å². The van der Waals surface area contributed by atoms with E-state index in [2.05, 4.69) is 10.6 Å². The van der Waals surface area contributed by atoms with Crippen molar-refractivity contribution in [3.05, 3.63) is 177 Å². The molecule has 0 aromatic heterocycles. The van der Waals surface area contributed by atoms with Crippen molar-refractivity contribution < 1.29 is 33.4 Å². The Balaban J connectivity index is 1.35. The molecule has 0 aliphatic rings. The van der Waals surface area contributed by atoms with Crippen LogP contribution in [-0.4, -0.2) is 97.9 Å². The number of ether oxygens (including phenoxy) is 2. The van der Waals surface area contributed by atoms with Gasteiger partial charge in [-0.3, -0.25) is 24.0 Å². The molecule has 0 bridgehead atoms. The molecule has 4 amide bonds. The zero-order chi connectivity index (χ0) is 47.8. The molecule has 66 heavy (non-hydrogen) atoms. The predicted octanol–water partition coefficient (Wildman–Crippen LogP) is 6.98. The molecule has 0 radical (unpaired) electrons. The predicted molar refractivity (Wildman–Crippen MR) is 258 cm³/mol. The van der Waals surface area contributed by atoms with E-state index in [0.717, 1.165) is 11.1 Å². The number of likely N-dealkylation sites (N-methyl/N-ethyl adjacent to an activating group) is 2. The summed E-state index contributed by atoms with van der Waals surface area (Å²) in [7, 11) is 4.63. The fourth-order valence-corrected chi connectivity index (χ4v) is 8.20. The van der Waals surface area contributed by atoms with E-state index in [4.69, 9.17) is 38.4 Å². The van der Waals surface area contributed by atoms with Crippen LogP contribution in [0.4, 0.5) is 0 Å². The Hall–Kier alpha value is -6.05. The van der Waals surface area contributed by atoms with E-state index in [1.165, 1.54) is 23.8 Å². The average Bonchev–Trinajstić information content (AvgIpc) is 3.32. The summed E-state index contributed by atoms with van der Waals surface area (Å²) in [4.78, 5) is 72.2. The van der Waals surface area contributed by atoms with E-state index in [1.807, 2.05) is 121 Å². The highest BCUT2D eigenvalue weighted by Gasteiger charge is 2.43. The number of halogens is 2. The lowest BCUT2D eigenvalue weighted by molar-refractivity contribution is -0.157. The number of nitrogens with one attached hydrogen (secondary N) is 2. The number of hydrogen-bond acceptors (Lipinski definition) is 8. The van der Waals surface area contributed by atoms with Crippen molar-refractivity contribution in [2.75, 3.05) is 34.4 Å². The first kappa shape index (κ1) is 50.9. The van der Waals surface area contributed by atoms with Crippen LogP contribution >= 0.6 is 23.2 Å². The Kier molecular flexibility index (Phi) is 18.9. The second-order valence-electron chi connectivity index (χ2n) is 16.5. The molecule has 5 aromatic rings. The van der Waals surface area contributed by atoms with Crippen molar-refractivity contribution in [1.29, 1.82) is 0 Å². The summed E-state index contributed by atoms with van der Waals surface area (Å²) in [5.74, 6) is -3.12. The molecule has 0 spiro atoms. The third kappa shape index (κ3) is 13.5. The number of hydrogen-bond donors (Lipinski definition) is 3. The Morgan fingerprint density at radius 2 is 1.23 bits per heavy atom. The van der Waals surface area contributed by atoms with Crippen molar-refractivity contribution in [1.82, 2.24) is 20.4 Å². The fraction of sp³-hybridized carbons (Fsp3) is 0.327. The van der Waals surface area contributed by atoms with Crippen LogP contribution in [0.1, 0.15) is 54.5 Å². The smallest absolute Gasteiger partial charge is 0.308 e. The van der Waals surface area contributed by atoms with Crippen LogP contribution in [-0.2, 0) is 51.9 Å². The first-order chi connectivity index (χ1) is 31.6. The first-order valence-electron chi connectivity index (χ1n) is 21.9. The zero-order valence-electron chi connectivity index (χ0n) is 38.0. The molecule has 0 aliphatic heterocycles. The highest BCUT2D eigenvalue weighted by atomic mass is 35.5. The van der Waals surface area contributed by atoms with Gasteiger partial charge in [0.2, 0.25) is 23.6 Å². The SMILES string of the molecule is COC[C@H](NC(=O)[C@H](C)N)C(=O)N(C)[C@H](CC(=O)NC[C@H](C)N(C)C(=O)[C@@H](CC(=O)OC(c1ccccc1)(c1ccccc1)c1ccccc1Cl)Cc1ccccc1)Cc1ccc(Cl)cc1. The molecular weight excluding hydrogens is 878 g/mol. The minimum absolute atomic E-state index is 0.0727. The van der Waals surface area contributed by atoms with E-state index in [0.29, 0.717) is 33.2 Å². The van der Waals surface area contributed by atoms with Gasteiger partial charge in [-0.25, -0.2) is 0 Å². The van der Waals surface area contributed by atoms with Crippen LogP contribution < -0.4 is 16.4 Å². The Morgan fingerprint density at radius 3 is 1.79 bits per heavy atom. The first-order valence-corrected chi connectivity index (χ1v) is 22.6. The molecule has 5 atom stereocenters. The largest absolute Gasteiger partial charge is 0.444 e. The molecular formula is C52H59Cl2N5O7. The van der Waals surface area contributed by atoms with Crippen molar-refractivity contribution in [3.63, 3.8) is 0 Å². The summed E-state index contributed by atoms with van der Waals surface area (Å²) in [5.41, 5.74) is 7.93. The summed E-state index contributed by atoms with van der Waals surface area (Å²) in [6, 6.07) is 39.5. The molecule has 0 saturated heterocycles. The number of rotatable bonds is 22. The number of nitrogens with zero attached hydrogens (tertiary/aromatic N) is 2. The van der Waals surface area contributed by atoms with Crippen LogP contribution in [0.5, 0.6) is 0 Å². The molecule has 14 heteroatoms. The monoisotopic (exact) mass is 935 g/mol. The van der Waals surface area contributed by atoms with E-state index in [9.17, 15) is 24.0 Å². The molecule has 0 unspecified atom stereocenters. The van der Waals surface area contributed by atoms with Crippen molar-refractivity contribution in [3.8, 4) is 0 Å². The lowest BCUT2D eigenvalue weighted by atomic mass is 9.80. The molecule has 348 valence electrons. The van der Waals surface area contributed by atoms with E-state index in [-0.39, 0.29) is 44.2 Å². The summed E-state index contributed by atoms with van der Waals surface area (Å²) in [5, 5.41) is 6.54. The maximum absolute atomic E-state index is 14.6. The van der Waals surface area contributed by atoms with Gasteiger partial charge in [0.05, 0.1) is 25.0 Å². The topological polar surface area (TPSA) is 160 Å². The normalized spacial score (nSPS) is 13.6. The minimum Gasteiger partial charge on any atom is -0.444 e. The van der Waals surface area contributed by atoms with Gasteiger partial charge >= 0.3 is 5.97 Å². The van der Waals surface area contributed by atoms with Gasteiger partial charge in [-0.2, -0.15) is 0 Å². The van der Waals surface area contributed by atoms with Gasteiger partial charge < -0.3 is 35.6 Å². The van der Waals surface area contributed by atoms with Crippen LogP contribution in [0.25, 0.3) is 0 Å². The number of carbonyl (C=O) groups is 5. The maximum Gasteiger partial charge on any atom is 0.308 e. The highest BCUT2D eigenvalue weighted by molar-refractivity contribution is 6.31. The third-order valence-corrected chi connectivity index (χ3v) is 12.2. The lowest BCUT2D eigenvalue weighted by Gasteiger charge is -2.36. The average molecular weight is 937 g/mol. The maximum atomic E-state index is 14.6. The van der Waals surface area contributed by atoms with Gasteiger partial charge in [-0.1, -0.05) is 145 Å². The molecule has 0 fully saturated rings. The Labute approximate surface area is 397 Å². The van der Waals surface area contributed by atoms with Gasteiger partial charge in [0.25, 0.3) is 0 Å². The molecule has 0 saturated carbocycles. The van der Waals surface area contributed by atoms with Gasteiger partial charge in [-0.05, 0) is 56.0 Å². The standard InChI is InChI=1S/C52H59Cl2N5O7/c1-35(33-56-47(60)32-43(30-38-25-27-42(53)28-26-38)59(4)51(64)46(34-65-5)57-49(62)36(2)55)58(3)50(63)39(29-37-17-9-6-10-18-37)31-48(61)66-52(40-19-11-7-12-20-40,41-21-13-8-14-22-41)44-23-15-16-24-45(44)54/h6-28,35-36,39,43,46H,29-34,55H2,1-5H3,(H,56,60)(H,57,62)/t35-,36-,39+,43-,46-/m0/s1. The molecule has 4 N–H and O–H groups in total. The van der Waals surface area contributed by atoms with E-state index < -0.39 is 53.5 Å². The van der Waals surface area contributed by atoms with Gasteiger partial charge in [0.1, 0.15) is 6.04 Å².